The number of carbonyl (C=O) groups is 2. The molecular formula is C16H17FN2O3. The summed E-state index contributed by atoms with van der Waals surface area (Å²) < 4.78 is 17.9. The third kappa shape index (κ3) is 3.82. The zero-order chi connectivity index (χ0) is 16.1. The summed E-state index contributed by atoms with van der Waals surface area (Å²) in [5.41, 5.74) is 0.431. The van der Waals surface area contributed by atoms with Gasteiger partial charge in [0.1, 0.15) is 11.9 Å². The van der Waals surface area contributed by atoms with Crippen molar-refractivity contribution in [3.63, 3.8) is 0 Å². The van der Waals surface area contributed by atoms with Crippen molar-refractivity contribution in [3.8, 4) is 6.07 Å². The maximum atomic E-state index is 12.9. The fourth-order valence-electron chi connectivity index (χ4n) is 2.39. The van der Waals surface area contributed by atoms with Gasteiger partial charge in [0.05, 0.1) is 5.92 Å². The van der Waals surface area contributed by atoms with Gasteiger partial charge in [-0.3, -0.25) is 9.59 Å². The average Bonchev–Trinajstić information content (AvgIpc) is 2.55. The lowest BCUT2D eigenvalue weighted by Crippen LogP contribution is -2.41. The standard InChI is InChI=1S/C16H17FN2O3/c1-11(10-18)22-16(21)13-6-8-19(9-7-13)15(20)12-2-4-14(17)5-3-12/h2-5,11,13H,6-9H2,1H3/t11-/m0/s1. The molecule has 0 N–H and O–H groups in total. The van der Waals surface area contributed by atoms with Crippen molar-refractivity contribution in [1.29, 1.82) is 5.26 Å². The number of nitrogens with zero attached hydrogens (tertiary/aromatic N) is 2. The number of piperidine rings is 1. The molecule has 1 amide bonds. The van der Waals surface area contributed by atoms with E-state index in [1.54, 1.807) is 4.90 Å². The topological polar surface area (TPSA) is 70.4 Å². The molecule has 0 radical (unpaired) electrons. The molecule has 0 unspecified atom stereocenters. The van der Waals surface area contributed by atoms with Crippen LogP contribution < -0.4 is 0 Å². The third-order valence-electron chi connectivity index (χ3n) is 3.68. The number of hydrogen-bond acceptors (Lipinski definition) is 4. The van der Waals surface area contributed by atoms with Crippen molar-refractivity contribution in [3.05, 3.63) is 35.6 Å². The Morgan fingerprint density at radius 2 is 1.91 bits per heavy atom. The molecule has 5 nitrogen and oxygen atoms in total. The van der Waals surface area contributed by atoms with E-state index in [-0.39, 0.29) is 23.6 Å². The van der Waals surface area contributed by atoms with E-state index >= 15 is 0 Å². The maximum Gasteiger partial charge on any atom is 0.310 e. The van der Waals surface area contributed by atoms with Gasteiger partial charge in [-0.05, 0) is 44.0 Å². The summed E-state index contributed by atoms with van der Waals surface area (Å²) in [6, 6.07) is 7.25. The fraction of sp³-hybridized carbons (Fsp3) is 0.438. The summed E-state index contributed by atoms with van der Waals surface area (Å²) >= 11 is 0. The van der Waals surface area contributed by atoms with Crippen LogP contribution >= 0.6 is 0 Å². The Balaban J connectivity index is 1.89. The lowest BCUT2D eigenvalue weighted by molar-refractivity contribution is -0.152. The zero-order valence-corrected chi connectivity index (χ0v) is 12.3. The molecule has 1 fully saturated rings. The number of amides is 1. The van der Waals surface area contributed by atoms with Crippen LogP contribution in [0.2, 0.25) is 0 Å². The summed E-state index contributed by atoms with van der Waals surface area (Å²) in [6.45, 7) is 2.40. The van der Waals surface area contributed by atoms with Crippen molar-refractivity contribution in [2.75, 3.05) is 13.1 Å². The smallest absolute Gasteiger partial charge is 0.310 e. The van der Waals surface area contributed by atoms with Crippen LogP contribution in [0.1, 0.15) is 30.1 Å². The van der Waals surface area contributed by atoms with Crippen molar-refractivity contribution in [2.45, 2.75) is 25.9 Å². The van der Waals surface area contributed by atoms with Gasteiger partial charge in [-0.25, -0.2) is 4.39 Å². The first-order valence-electron chi connectivity index (χ1n) is 7.16. The minimum atomic E-state index is -0.758. The quantitative estimate of drug-likeness (QED) is 0.802. The van der Waals surface area contributed by atoms with Gasteiger partial charge in [0.15, 0.2) is 6.10 Å². The lowest BCUT2D eigenvalue weighted by atomic mass is 9.96. The fourth-order valence-corrected chi connectivity index (χ4v) is 2.39. The third-order valence-corrected chi connectivity index (χ3v) is 3.68. The van der Waals surface area contributed by atoms with Gasteiger partial charge >= 0.3 is 5.97 Å². The van der Waals surface area contributed by atoms with Gasteiger partial charge < -0.3 is 9.64 Å². The number of nitriles is 1. The second kappa shape index (κ2) is 7.03. The molecule has 0 aliphatic carbocycles. The van der Waals surface area contributed by atoms with Gasteiger partial charge in [0.25, 0.3) is 5.91 Å². The molecule has 1 heterocycles. The van der Waals surface area contributed by atoms with Crippen LogP contribution in [0.4, 0.5) is 4.39 Å². The van der Waals surface area contributed by atoms with Crippen molar-refractivity contribution < 1.29 is 18.7 Å². The Morgan fingerprint density at radius 1 is 1.32 bits per heavy atom. The van der Waals surface area contributed by atoms with Crippen LogP contribution in [0.3, 0.4) is 0 Å². The van der Waals surface area contributed by atoms with E-state index in [2.05, 4.69) is 0 Å². The maximum absolute atomic E-state index is 12.9. The lowest BCUT2D eigenvalue weighted by Gasteiger charge is -2.31. The Bertz CT molecular complexity index is 586. The van der Waals surface area contributed by atoms with Crippen LogP contribution in [0, 0.1) is 23.1 Å². The van der Waals surface area contributed by atoms with Crippen LogP contribution in [0.5, 0.6) is 0 Å². The number of hydrogen-bond donors (Lipinski definition) is 0. The Morgan fingerprint density at radius 3 is 2.45 bits per heavy atom. The number of esters is 1. The molecule has 0 aromatic heterocycles. The molecule has 0 bridgehead atoms. The van der Waals surface area contributed by atoms with Crippen molar-refractivity contribution in [2.24, 2.45) is 5.92 Å². The molecular weight excluding hydrogens is 287 g/mol. The van der Waals surface area contributed by atoms with Crippen molar-refractivity contribution in [1.82, 2.24) is 4.90 Å². The summed E-state index contributed by atoms with van der Waals surface area (Å²) in [5, 5.41) is 8.64. The van der Waals surface area contributed by atoms with E-state index in [1.165, 1.54) is 31.2 Å². The highest BCUT2D eigenvalue weighted by atomic mass is 19.1. The molecule has 1 aliphatic rings. The summed E-state index contributed by atoms with van der Waals surface area (Å²) in [4.78, 5) is 25.7. The van der Waals surface area contributed by atoms with Gasteiger partial charge in [-0.15, -0.1) is 0 Å². The first kappa shape index (κ1) is 16.0. The van der Waals surface area contributed by atoms with Gasteiger partial charge in [-0.2, -0.15) is 5.26 Å². The molecule has 1 aliphatic heterocycles. The number of carbonyl (C=O) groups excluding carboxylic acids is 2. The summed E-state index contributed by atoms with van der Waals surface area (Å²) in [5.74, 6) is -1.22. The predicted molar refractivity (Wildman–Crippen MR) is 76.2 cm³/mol. The molecule has 1 aromatic rings. The number of rotatable bonds is 3. The molecule has 0 saturated carbocycles. The average molecular weight is 304 g/mol. The molecule has 116 valence electrons. The molecule has 2 rings (SSSR count). The van der Waals surface area contributed by atoms with E-state index < -0.39 is 6.10 Å². The van der Waals surface area contributed by atoms with E-state index in [0.29, 0.717) is 31.5 Å². The first-order chi connectivity index (χ1) is 10.5. The molecule has 1 saturated heterocycles. The monoisotopic (exact) mass is 304 g/mol. The van der Waals surface area contributed by atoms with Crippen LogP contribution in [-0.4, -0.2) is 36.0 Å². The van der Waals surface area contributed by atoms with Gasteiger partial charge in [-0.1, -0.05) is 0 Å². The normalized spacial score (nSPS) is 16.7. The van der Waals surface area contributed by atoms with Gasteiger partial charge in [0.2, 0.25) is 0 Å². The second-order valence-corrected chi connectivity index (χ2v) is 5.28. The Labute approximate surface area is 128 Å². The molecule has 22 heavy (non-hydrogen) atoms. The number of ether oxygens (including phenoxy) is 1. The van der Waals surface area contributed by atoms with Crippen LogP contribution in [0.25, 0.3) is 0 Å². The highest BCUT2D eigenvalue weighted by Gasteiger charge is 2.29. The zero-order valence-electron chi connectivity index (χ0n) is 12.3. The number of likely N-dealkylation sites (tertiary alicyclic amines) is 1. The highest BCUT2D eigenvalue weighted by Crippen LogP contribution is 2.21. The minimum absolute atomic E-state index is 0.169. The predicted octanol–water partition coefficient (Wildman–Crippen LogP) is 2.13. The van der Waals surface area contributed by atoms with Crippen LogP contribution in [0.15, 0.2) is 24.3 Å². The molecule has 0 spiro atoms. The second-order valence-electron chi connectivity index (χ2n) is 5.28. The number of benzene rings is 1. The largest absolute Gasteiger partial charge is 0.447 e. The first-order valence-corrected chi connectivity index (χ1v) is 7.16. The Hall–Kier alpha value is -2.42. The molecule has 1 atom stereocenters. The SMILES string of the molecule is C[C@@H](C#N)OC(=O)C1CCN(C(=O)c2ccc(F)cc2)CC1. The number of halogens is 1. The van der Waals surface area contributed by atoms with E-state index in [9.17, 15) is 14.0 Å². The van der Waals surface area contributed by atoms with Gasteiger partial charge in [0, 0.05) is 18.7 Å². The summed E-state index contributed by atoms with van der Waals surface area (Å²) in [6.07, 6.45) is 0.250. The van der Waals surface area contributed by atoms with E-state index in [1.807, 2.05) is 6.07 Å². The summed E-state index contributed by atoms with van der Waals surface area (Å²) in [7, 11) is 0. The minimum Gasteiger partial charge on any atom is -0.447 e. The highest BCUT2D eigenvalue weighted by molar-refractivity contribution is 5.94. The van der Waals surface area contributed by atoms with E-state index in [4.69, 9.17) is 10.00 Å². The van der Waals surface area contributed by atoms with Crippen LogP contribution in [-0.2, 0) is 9.53 Å². The molecule has 6 heteroatoms. The Kier molecular flexibility index (Phi) is 5.10. The molecule has 1 aromatic carbocycles. The van der Waals surface area contributed by atoms with Crippen molar-refractivity contribution >= 4 is 11.9 Å². The van der Waals surface area contributed by atoms with E-state index in [0.717, 1.165) is 0 Å².